The maximum absolute atomic E-state index is 12.6. The number of rotatable bonds is 5. The highest BCUT2D eigenvalue weighted by Gasteiger charge is 2.24. The van der Waals surface area contributed by atoms with Crippen molar-refractivity contribution < 1.29 is 9.59 Å². The number of nitrogens with one attached hydrogen (secondary N) is 1. The monoisotopic (exact) mass is 374 g/mol. The van der Waals surface area contributed by atoms with E-state index >= 15 is 0 Å². The van der Waals surface area contributed by atoms with Gasteiger partial charge in [-0.3, -0.25) is 14.3 Å². The number of hydrogen-bond acceptors (Lipinski definition) is 3. The van der Waals surface area contributed by atoms with E-state index in [1.807, 2.05) is 30.7 Å². The molecule has 0 saturated heterocycles. The molecule has 0 radical (unpaired) electrons. The fourth-order valence-corrected chi connectivity index (χ4v) is 2.99. The van der Waals surface area contributed by atoms with Crippen molar-refractivity contribution in [2.24, 2.45) is 5.92 Å². The lowest BCUT2D eigenvalue weighted by molar-refractivity contribution is -0.132. The first-order valence-corrected chi connectivity index (χ1v) is 9.17. The Morgan fingerprint density at radius 3 is 2.65 bits per heavy atom. The van der Waals surface area contributed by atoms with Gasteiger partial charge < -0.3 is 10.2 Å². The summed E-state index contributed by atoms with van der Waals surface area (Å²) in [6.07, 6.45) is 0.340. The summed E-state index contributed by atoms with van der Waals surface area (Å²) in [5, 5.41) is 7.90. The SMILES string of the molecule is CC(C)CNC(=O)c1cc2n(n1)CCN(C(=O)Cc1ccc(Cl)cc1)C2. The Labute approximate surface area is 158 Å². The molecule has 1 aromatic heterocycles. The van der Waals surface area contributed by atoms with Crippen molar-refractivity contribution in [2.75, 3.05) is 13.1 Å². The lowest BCUT2D eigenvalue weighted by Gasteiger charge is -2.27. The summed E-state index contributed by atoms with van der Waals surface area (Å²) >= 11 is 5.88. The minimum atomic E-state index is -0.167. The number of aromatic nitrogens is 2. The molecule has 7 heteroatoms. The third-order valence-corrected chi connectivity index (χ3v) is 4.57. The summed E-state index contributed by atoms with van der Waals surface area (Å²) in [6.45, 7) is 6.36. The fourth-order valence-electron chi connectivity index (χ4n) is 2.87. The summed E-state index contributed by atoms with van der Waals surface area (Å²) in [6, 6.07) is 9.09. The smallest absolute Gasteiger partial charge is 0.271 e. The van der Waals surface area contributed by atoms with Gasteiger partial charge in [-0.15, -0.1) is 0 Å². The van der Waals surface area contributed by atoms with Crippen molar-refractivity contribution in [2.45, 2.75) is 33.4 Å². The number of carbonyl (C=O) groups is 2. The Bertz CT molecular complexity index is 798. The summed E-state index contributed by atoms with van der Waals surface area (Å²) in [7, 11) is 0. The molecule has 0 aliphatic carbocycles. The predicted octanol–water partition coefficient (Wildman–Crippen LogP) is 2.51. The van der Waals surface area contributed by atoms with Crippen molar-refractivity contribution >= 4 is 23.4 Å². The number of amides is 2. The fraction of sp³-hybridized carbons (Fsp3) is 0.421. The van der Waals surface area contributed by atoms with E-state index in [1.54, 1.807) is 23.1 Å². The van der Waals surface area contributed by atoms with Crippen LogP contribution >= 0.6 is 11.6 Å². The summed E-state index contributed by atoms with van der Waals surface area (Å²) in [5.41, 5.74) is 2.23. The molecule has 1 aliphatic rings. The minimum absolute atomic E-state index is 0.0607. The maximum atomic E-state index is 12.6. The second kappa shape index (κ2) is 7.91. The molecule has 2 heterocycles. The average molecular weight is 375 g/mol. The quantitative estimate of drug-likeness (QED) is 0.874. The van der Waals surface area contributed by atoms with Gasteiger partial charge in [-0.2, -0.15) is 5.10 Å². The van der Waals surface area contributed by atoms with Crippen molar-refractivity contribution in [3.05, 3.63) is 52.3 Å². The van der Waals surface area contributed by atoms with Gasteiger partial charge in [-0.1, -0.05) is 37.6 Å². The highest BCUT2D eigenvalue weighted by molar-refractivity contribution is 6.30. The largest absolute Gasteiger partial charge is 0.350 e. The van der Waals surface area contributed by atoms with E-state index in [4.69, 9.17) is 11.6 Å². The Hall–Kier alpha value is -2.34. The van der Waals surface area contributed by atoms with Crippen LogP contribution < -0.4 is 5.32 Å². The number of fused-ring (bicyclic) bond motifs is 1. The van der Waals surface area contributed by atoms with E-state index in [0.717, 1.165) is 11.3 Å². The standard InChI is InChI=1S/C19H23ClN4O2/c1-13(2)11-21-19(26)17-10-16-12-23(7-8-24(16)22-17)18(25)9-14-3-5-15(20)6-4-14/h3-6,10,13H,7-9,11-12H2,1-2H3,(H,21,26). The van der Waals surface area contributed by atoms with E-state index < -0.39 is 0 Å². The zero-order valence-corrected chi connectivity index (χ0v) is 15.8. The van der Waals surface area contributed by atoms with E-state index in [1.165, 1.54) is 0 Å². The van der Waals surface area contributed by atoms with Crippen molar-refractivity contribution in [3.8, 4) is 0 Å². The van der Waals surface area contributed by atoms with Crippen LogP contribution in [0.3, 0.4) is 0 Å². The van der Waals surface area contributed by atoms with Crippen LogP contribution in [0.2, 0.25) is 5.02 Å². The first-order chi connectivity index (χ1) is 12.4. The van der Waals surface area contributed by atoms with E-state index in [0.29, 0.717) is 49.2 Å². The minimum Gasteiger partial charge on any atom is -0.350 e. The van der Waals surface area contributed by atoms with Crippen LogP contribution in [0.4, 0.5) is 0 Å². The molecule has 0 fully saturated rings. The molecule has 138 valence electrons. The van der Waals surface area contributed by atoms with E-state index in [-0.39, 0.29) is 11.8 Å². The molecule has 1 aliphatic heterocycles. The Morgan fingerprint density at radius 1 is 1.23 bits per heavy atom. The highest BCUT2D eigenvalue weighted by Crippen LogP contribution is 2.16. The second-order valence-corrected chi connectivity index (χ2v) is 7.40. The number of halogens is 1. The number of benzene rings is 1. The van der Waals surface area contributed by atoms with E-state index in [2.05, 4.69) is 10.4 Å². The van der Waals surface area contributed by atoms with Crippen molar-refractivity contribution in [1.82, 2.24) is 20.0 Å². The molecular formula is C19H23ClN4O2. The first-order valence-electron chi connectivity index (χ1n) is 8.79. The first kappa shape index (κ1) is 18.5. The molecule has 0 unspecified atom stereocenters. The molecule has 2 aromatic rings. The van der Waals surface area contributed by atoms with Gasteiger partial charge in [0.15, 0.2) is 5.69 Å². The molecule has 1 aromatic carbocycles. The summed E-state index contributed by atoms with van der Waals surface area (Å²) in [4.78, 5) is 26.5. The highest BCUT2D eigenvalue weighted by atomic mass is 35.5. The van der Waals surface area contributed by atoms with Gasteiger partial charge in [0.05, 0.1) is 25.2 Å². The van der Waals surface area contributed by atoms with Gasteiger partial charge in [-0.05, 0) is 29.7 Å². The van der Waals surface area contributed by atoms with Crippen LogP contribution in [0.15, 0.2) is 30.3 Å². The summed E-state index contributed by atoms with van der Waals surface area (Å²) < 4.78 is 1.82. The maximum Gasteiger partial charge on any atom is 0.271 e. The van der Waals surface area contributed by atoms with Gasteiger partial charge in [-0.25, -0.2) is 0 Å². The molecule has 1 N–H and O–H groups in total. The van der Waals surface area contributed by atoms with Gasteiger partial charge >= 0.3 is 0 Å². The third-order valence-electron chi connectivity index (χ3n) is 4.32. The van der Waals surface area contributed by atoms with E-state index in [9.17, 15) is 9.59 Å². The van der Waals surface area contributed by atoms with Gasteiger partial charge in [0.25, 0.3) is 5.91 Å². The number of carbonyl (C=O) groups excluding carboxylic acids is 2. The molecule has 0 bridgehead atoms. The van der Waals surface area contributed by atoms with Gasteiger partial charge in [0, 0.05) is 18.1 Å². The Kier molecular flexibility index (Phi) is 5.61. The van der Waals surface area contributed by atoms with Crippen LogP contribution in [-0.4, -0.2) is 39.6 Å². The number of nitrogens with zero attached hydrogens (tertiary/aromatic N) is 3. The second-order valence-electron chi connectivity index (χ2n) is 6.97. The normalized spacial score (nSPS) is 13.6. The zero-order valence-electron chi connectivity index (χ0n) is 15.0. The molecule has 0 saturated carbocycles. The van der Waals surface area contributed by atoms with Gasteiger partial charge in [0.1, 0.15) is 0 Å². The molecular weight excluding hydrogens is 352 g/mol. The Morgan fingerprint density at radius 2 is 1.96 bits per heavy atom. The molecule has 2 amide bonds. The lowest BCUT2D eigenvalue weighted by Crippen LogP contribution is -2.39. The Balaban J connectivity index is 1.62. The van der Waals surface area contributed by atoms with Crippen molar-refractivity contribution in [3.63, 3.8) is 0 Å². The topological polar surface area (TPSA) is 67.2 Å². The summed E-state index contributed by atoms with van der Waals surface area (Å²) in [5.74, 6) is 0.280. The zero-order chi connectivity index (χ0) is 18.7. The van der Waals surface area contributed by atoms with Crippen LogP contribution in [0.1, 0.15) is 35.6 Å². The van der Waals surface area contributed by atoms with Crippen molar-refractivity contribution in [1.29, 1.82) is 0 Å². The van der Waals surface area contributed by atoms with Crippen LogP contribution in [0.25, 0.3) is 0 Å². The average Bonchev–Trinajstić information content (AvgIpc) is 3.04. The van der Waals surface area contributed by atoms with Crippen LogP contribution in [0, 0.1) is 5.92 Å². The molecule has 26 heavy (non-hydrogen) atoms. The molecule has 0 spiro atoms. The molecule has 0 atom stereocenters. The third kappa shape index (κ3) is 4.43. The lowest BCUT2D eigenvalue weighted by atomic mass is 10.1. The number of hydrogen-bond donors (Lipinski definition) is 1. The predicted molar refractivity (Wildman–Crippen MR) is 100.0 cm³/mol. The van der Waals surface area contributed by atoms with Gasteiger partial charge in [0.2, 0.25) is 5.91 Å². The molecule has 6 nitrogen and oxygen atoms in total. The van der Waals surface area contributed by atoms with Crippen LogP contribution in [-0.2, 0) is 24.3 Å². The van der Waals surface area contributed by atoms with Crippen LogP contribution in [0.5, 0.6) is 0 Å². The molecule has 3 rings (SSSR count).